The number of aliphatic hydroxyl groups excluding tert-OH is 2. The molecule has 0 aromatic rings. The monoisotopic (exact) mass is 290 g/mol. The van der Waals surface area contributed by atoms with Crippen molar-refractivity contribution in [2.75, 3.05) is 65.7 Å². The van der Waals surface area contributed by atoms with E-state index >= 15 is 0 Å². The van der Waals surface area contributed by atoms with E-state index in [-0.39, 0.29) is 12.2 Å². The van der Waals surface area contributed by atoms with Gasteiger partial charge in [0, 0.05) is 39.3 Å². The fourth-order valence-electron chi connectivity index (χ4n) is 2.31. The van der Waals surface area contributed by atoms with Crippen LogP contribution in [0.3, 0.4) is 0 Å². The highest BCUT2D eigenvalue weighted by molar-refractivity contribution is 4.64. The molecule has 1 aliphatic rings. The highest BCUT2D eigenvalue weighted by Gasteiger charge is 2.12. The molecule has 1 rings (SSSR count). The third-order valence-electron chi connectivity index (χ3n) is 3.25. The van der Waals surface area contributed by atoms with E-state index in [9.17, 15) is 10.2 Å². The lowest BCUT2D eigenvalue weighted by Gasteiger charge is -2.27. The topological polar surface area (TPSA) is 65.4 Å². The predicted octanol–water partition coefficient (Wildman–Crippen LogP) is -0.601. The van der Waals surface area contributed by atoms with Crippen LogP contribution >= 0.6 is 0 Å². The van der Waals surface area contributed by atoms with Crippen LogP contribution in [-0.2, 0) is 9.47 Å². The Kier molecular flexibility index (Phi) is 9.33. The molecule has 20 heavy (non-hydrogen) atoms. The molecule has 6 heteroatoms. The standard InChI is InChI=1S/C14H30N2O4/c1-13(17)11-15-3-7-19-9-5-16(12-14(2)18)6-10-20-8-4-15/h13-14,17-18H,3-12H2,1-2H3/t13-,14-/m0/s1. The molecule has 1 aliphatic heterocycles. The molecule has 1 saturated heterocycles. The van der Waals surface area contributed by atoms with Crippen molar-refractivity contribution in [1.82, 2.24) is 9.80 Å². The van der Waals surface area contributed by atoms with E-state index in [1.165, 1.54) is 0 Å². The average molecular weight is 290 g/mol. The Morgan fingerprint density at radius 1 is 0.750 bits per heavy atom. The van der Waals surface area contributed by atoms with Gasteiger partial charge in [-0.3, -0.25) is 9.80 Å². The van der Waals surface area contributed by atoms with Gasteiger partial charge in [-0.15, -0.1) is 0 Å². The van der Waals surface area contributed by atoms with E-state index in [1.807, 2.05) is 0 Å². The highest BCUT2D eigenvalue weighted by atomic mass is 16.5. The van der Waals surface area contributed by atoms with Gasteiger partial charge in [0.15, 0.2) is 0 Å². The molecule has 0 amide bonds. The van der Waals surface area contributed by atoms with Gasteiger partial charge >= 0.3 is 0 Å². The van der Waals surface area contributed by atoms with Crippen molar-refractivity contribution in [3.63, 3.8) is 0 Å². The number of rotatable bonds is 4. The van der Waals surface area contributed by atoms with Crippen molar-refractivity contribution in [2.24, 2.45) is 0 Å². The Labute approximate surface area is 122 Å². The first-order chi connectivity index (χ1) is 9.58. The minimum Gasteiger partial charge on any atom is -0.392 e. The second-order valence-corrected chi connectivity index (χ2v) is 5.52. The third kappa shape index (κ3) is 8.84. The molecule has 0 aromatic heterocycles. The van der Waals surface area contributed by atoms with Crippen LogP contribution in [0.5, 0.6) is 0 Å². The minimum absolute atomic E-state index is 0.329. The van der Waals surface area contributed by atoms with Crippen molar-refractivity contribution in [1.29, 1.82) is 0 Å². The summed E-state index contributed by atoms with van der Waals surface area (Å²) in [6, 6.07) is 0. The number of hydrogen-bond acceptors (Lipinski definition) is 6. The van der Waals surface area contributed by atoms with Crippen LogP contribution in [0.1, 0.15) is 13.8 Å². The fourth-order valence-corrected chi connectivity index (χ4v) is 2.31. The van der Waals surface area contributed by atoms with Crippen LogP contribution in [0.25, 0.3) is 0 Å². The Morgan fingerprint density at radius 2 is 1.05 bits per heavy atom. The third-order valence-corrected chi connectivity index (χ3v) is 3.25. The van der Waals surface area contributed by atoms with E-state index in [0.717, 1.165) is 26.2 Å². The zero-order chi connectivity index (χ0) is 14.8. The first-order valence-corrected chi connectivity index (χ1v) is 7.54. The molecule has 6 nitrogen and oxygen atoms in total. The van der Waals surface area contributed by atoms with E-state index < -0.39 is 0 Å². The lowest BCUT2D eigenvalue weighted by atomic mass is 10.3. The summed E-state index contributed by atoms with van der Waals surface area (Å²) in [6.07, 6.45) is -0.658. The molecule has 0 spiro atoms. The Balaban J connectivity index is 2.34. The summed E-state index contributed by atoms with van der Waals surface area (Å²) in [4.78, 5) is 4.33. The molecule has 1 fully saturated rings. The van der Waals surface area contributed by atoms with Gasteiger partial charge in [-0.05, 0) is 13.8 Å². The van der Waals surface area contributed by atoms with Crippen LogP contribution in [0, 0.1) is 0 Å². The molecule has 0 aromatic carbocycles. The van der Waals surface area contributed by atoms with Gasteiger partial charge in [0.25, 0.3) is 0 Å². The average Bonchev–Trinajstić information content (AvgIpc) is 2.33. The summed E-state index contributed by atoms with van der Waals surface area (Å²) in [5.41, 5.74) is 0. The lowest BCUT2D eigenvalue weighted by Crippen LogP contribution is -2.40. The van der Waals surface area contributed by atoms with Crippen LogP contribution in [0.15, 0.2) is 0 Å². The van der Waals surface area contributed by atoms with E-state index in [4.69, 9.17) is 9.47 Å². The fraction of sp³-hybridized carbons (Fsp3) is 1.00. The number of hydrogen-bond donors (Lipinski definition) is 2. The summed E-state index contributed by atoms with van der Waals surface area (Å²) in [6.45, 7) is 10.8. The molecular formula is C14H30N2O4. The summed E-state index contributed by atoms with van der Waals surface area (Å²) in [5.74, 6) is 0. The summed E-state index contributed by atoms with van der Waals surface area (Å²) in [5, 5.41) is 18.9. The van der Waals surface area contributed by atoms with Gasteiger partial charge in [-0.2, -0.15) is 0 Å². The van der Waals surface area contributed by atoms with Crippen molar-refractivity contribution in [2.45, 2.75) is 26.1 Å². The molecule has 0 aliphatic carbocycles. The largest absolute Gasteiger partial charge is 0.392 e. The van der Waals surface area contributed by atoms with Crippen molar-refractivity contribution < 1.29 is 19.7 Å². The molecule has 2 N–H and O–H groups in total. The van der Waals surface area contributed by atoms with Gasteiger partial charge < -0.3 is 19.7 Å². The number of β-amino-alcohol motifs (C(OH)–C–C–N with tert-alkyl or cyclic N) is 2. The first kappa shape index (κ1) is 17.8. The van der Waals surface area contributed by atoms with Crippen molar-refractivity contribution in [3.8, 4) is 0 Å². The maximum Gasteiger partial charge on any atom is 0.0639 e. The molecule has 2 atom stereocenters. The molecule has 0 unspecified atom stereocenters. The van der Waals surface area contributed by atoms with Gasteiger partial charge in [-0.1, -0.05) is 0 Å². The smallest absolute Gasteiger partial charge is 0.0639 e. The van der Waals surface area contributed by atoms with Gasteiger partial charge in [0.1, 0.15) is 0 Å². The zero-order valence-corrected chi connectivity index (χ0v) is 12.8. The maximum atomic E-state index is 9.46. The second-order valence-electron chi connectivity index (χ2n) is 5.52. The molecule has 0 saturated carbocycles. The second kappa shape index (κ2) is 10.5. The molecule has 1 heterocycles. The molecule has 0 radical (unpaired) electrons. The van der Waals surface area contributed by atoms with Crippen LogP contribution in [0.2, 0.25) is 0 Å². The summed E-state index contributed by atoms with van der Waals surface area (Å²) < 4.78 is 11.3. The first-order valence-electron chi connectivity index (χ1n) is 7.54. The van der Waals surface area contributed by atoms with Crippen LogP contribution in [-0.4, -0.2) is 97.9 Å². The number of ether oxygens (including phenoxy) is 2. The summed E-state index contributed by atoms with van der Waals surface area (Å²) in [7, 11) is 0. The molecule has 0 bridgehead atoms. The Morgan fingerprint density at radius 3 is 1.30 bits per heavy atom. The van der Waals surface area contributed by atoms with E-state index in [1.54, 1.807) is 13.8 Å². The normalized spacial score (nSPS) is 24.6. The van der Waals surface area contributed by atoms with E-state index in [0.29, 0.717) is 39.5 Å². The Bertz CT molecular complexity index is 203. The van der Waals surface area contributed by atoms with E-state index in [2.05, 4.69) is 9.80 Å². The predicted molar refractivity (Wildman–Crippen MR) is 77.9 cm³/mol. The van der Waals surface area contributed by atoms with Crippen molar-refractivity contribution >= 4 is 0 Å². The summed E-state index contributed by atoms with van der Waals surface area (Å²) >= 11 is 0. The van der Waals surface area contributed by atoms with Crippen LogP contribution < -0.4 is 0 Å². The van der Waals surface area contributed by atoms with Gasteiger partial charge in [0.2, 0.25) is 0 Å². The SMILES string of the molecule is C[C@H](O)CN1CCOCCN(C[C@H](C)O)CCOCC1. The van der Waals surface area contributed by atoms with Crippen molar-refractivity contribution in [3.05, 3.63) is 0 Å². The number of nitrogens with zero attached hydrogens (tertiary/aromatic N) is 2. The van der Waals surface area contributed by atoms with Gasteiger partial charge in [-0.25, -0.2) is 0 Å². The zero-order valence-electron chi connectivity index (χ0n) is 12.8. The quantitative estimate of drug-likeness (QED) is 0.721. The van der Waals surface area contributed by atoms with Gasteiger partial charge in [0.05, 0.1) is 38.6 Å². The highest BCUT2D eigenvalue weighted by Crippen LogP contribution is 1.98. The number of aliphatic hydroxyl groups is 2. The lowest BCUT2D eigenvalue weighted by molar-refractivity contribution is 0.0183. The maximum absolute atomic E-state index is 9.46. The molecule has 120 valence electrons. The molecular weight excluding hydrogens is 260 g/mol. The van der Waals surface area contributed by atoms with Crippen LogP contribution in [0.4, 0.5) is 0 Å². The minimum atomic E-state index is -0.329. The Hall–Kier alpha value is -0.240.